The monoisotopic (exact) mass is 273 g/mol. The van der Waals surface area contributed by atoms with Crippen molar-refractivity contribution in [2.75, 3.05) is 24.7 Å². The number of amides is 1. The average molecular weight is 273 g/mol. The van der Waals surface area contributed by atoms with Gasteiger partial charge in [-0.25, -0.2) is 4.79 Å². The van der Waals surface area contributed by atoms with E-state index in [0.29, 0.717) is 25.4 Å². The molecule has 1 heterocycles. The summed E-state index contributed by atoms with van der Waals surface area (Å²) in [5.41, 5.74) is -1.08. The van der Waals surface area contributed by atoms with Crippen LogP contribution in [0.25, 0.3) is 0 Å². The average Bonchev–Trinajstić information content (AvgIpc) is 3.14. The lowest BCUT2D eigenvalue weighted by Crippen LogP contribution is -2.57. The molecule has 0 atom stereocenters. The lowest BCUT2D eigenvalue weighted by Gasteiger charge is -2.33. The van der Waals surface area contributed by atoms with Crippen LogP contribution in [0.1, 0.15) is 25.7 Å². The highest BCUT2D eigenvalue weighted by Gasteiger charge is 2.41. The van der Waals surface area contributed by atoms with Crippen LogP contribution in [0.5, 0.6) is 0 Å². The van der Waals surface area contributed by atoms with E-state index < -0.39 is 11.5 Å². The van der Waals surface area contributed by atoms with E-state index in [1.54, 1.807) is 11.8 Å². The van der Waals surface area contributed by atoms with E-state index >= 15 is 0 Å². The normalized spacial score (nSPS) is 22.4. The third-order valence-corrected chi connectivity index (χ3v) is 4.40. The second kappa shape index (κ2) is 5.93. The summed E-state index contributed by atoms with van der Waals surface area (Å²) < 4.78 is 5.28. The summed E-state index contributed by atoms with van der Waals surface area (Å²) in [6.45, 7) is 0.585. The van der Waals surface area contributed by atoms with Gasteiger partial charge >= 0.3 is 5.97 Å². The smallest absolute Gasteiger partial charge is 0.329 e. The Morgan fingerprint density at radius 3 is 2.56 bits per heavy atom. The molecule has 0 bridgehead atoms. The van der Waals surface area contributed by atoms with Gasteiger partial charge in [0.15, 0.2) is 0 Å². The molecule has 2 N–H and O–H groups in total. The van der Waals surface area contributed by atoms with Crippen LogP contribution >= 0.6 is 11.8 Å². The van der Waals surface area contributed by atoms with E-state index in [1.165, 1.54) is 12.8 Å². The van der Waals surface area contributed by atoms with Crippen molar-refractivity contribution in [3.63, 3.8) is 0 Å². The summed E-state index contributed by atoms with van der Waals surface area (Å²) in [7, 11) is 0. The van der Waals surface area contributed by atoms with Gasteiger partial charge in [-0.1, -0.05) is 0 Å². The molecule has 5 nitrogen and oxygen atoms in total. The molecule has 0 aromatic heterocycles. The van der Waals surface area contributed by atoms with Gasteiger partial charge in [0.1, 0.15) is 12.1 Å². The zero-order chi connectivity index (χ0) is 13.0. The van der Waals surface area contributed by atoms with Gasteiger partial charge < -0.3 is 15.2 Å². The van der Waals surface area contributed by atoms with Crippen LogP contribution in [-0.2, 0) is 14.3 Å². The summed E-state index contributed by atoms with van der Waals surface area (Å²) in [4.78, 5) is 23.1. The van der Waals surface area contributed by atoms with Crippen molar-refractivity contribution in [3.8, 4) is 0 Å². The molecule has 0 aromatic rings. The van der Waals surface area contributed by atoms with E-state index in [0.717, 1.165) is 11.5 Å². The zero-order valence-electron chi connectivity index (χ0n) is 10.3. The molecular formula is C12H19NO4S. The number of carbonyl (C=O) groups is 2. The highest BCUT2D eigenvalue weighted by atomic mass is 32.2. The molecule has 2 fully saturated rings. The van der Waals surface area contributed by atoms with Gasteiger partial charge in [-0.2, -0.15) is 11.8 Å². The molecule has 0 unspecified atom stereocenters. The number of carboxylic acid groups (broad SMARTS) is 1. The Morgan fingerprint density at radius 1 is 1.33 bits per heavy atom. The molecule has 1 saturated heterocycles. The summed E-state index contributed by atoms with van der Waals surface area (Å²) >= 11 is 1.73. The van der Waals surface area contributed by atoms with Crippen molar-refractivity contribution in [1.82, 2.24) is 5.32 Å². The van der Waals surface area contributed by atoms with Gasteiger partial charge in [0.25, 0.3) is 0 Å². The van der Waals surface area contributed by atoms with Gasteiger partial charge in [0.2, 0.25) is 5.91 Å². The zero-order valence-corrected chi connectivity index (χ0v) is 11.1. The molecule has 0 spiro atoms. The summed E-state index contributed by atoms with van der Waals surface area (Å²) in [5.74, 6) is 0.908. The molecule has 1 aliphatic carbocycles. The molecular weight excluding hydrogens is 254 g/mol. The summed E-state index contributed by atoms with van der Waals surface area (Å²) in [5, 5.41) is 11.9. The summed E-state index contributed by atoms with van der Waals surface area (Å²) in [6.07, 6.45) is 3.33. The van der Waals surface area contributed by atoms with Gasteiger partial charge in [-0.15, -0.1) is 0 Å². The van der Waals surface area contributed by atoms with Crippen LogP contribution in [-0.4, -0.2) is 47.2 Å². The molecule has 18 heavy (non-hydrogen) atoms. The Morgan fingerprint density at radius 2 is 2.00 bits per heavy atom. The van der Waals surface area contributed by atoms with Gasteiger partial charge in [0, 0.05) is 0 Å². The standard InChI is InChI=1S/C12H19NO4S/c14-10(8-17-7-9-1-2-9)13-12(11(15)16)3-5-18-6-4-12/h9H,1-8H2,(H,13,14)(H,15,16). The minimum atomic E-state index is -1.08. The largest absolute Gasteiger partial charge is 0.480 e. The van der Waals surface area contributed by atoms with Crippen LogP contribution in [0, 0.1) is 5.92 Å². The number of rotatable bonds is 6. The lowest BCUT2D eigenvalue weighted by molar-refractivity contribution is -0.148. The quantitative estimate of drug-likeness (QED) is 0.751. The van der Waals surface area contributed by atoms with E-state index in [1.807, 2.05) is 0 Å². The van der Waals surface area contributed by atoms with Crippen molar-refractivity contribution < 1.29 is 19.4 Å². The van der Waals surface area contributed by atoms with Crippen LogP contribution in [0.4, 0.5) is 0 Å². The highest BCUT2D eigenvalue weighted by Crippen LogP contribution is 2.29. The van der Waals surface area contributed by atoms with Crippen LogP contribution in [0.2, 0.25) is 0 Å². The maximum absolute atomic E-state index is 11.7. The van der Waals surface area contributed by atoms with Crippen molar-refractivity contribution >= 4 is 23.6 Å². The third-order valence-electron chi connectivity index (χ3n) is 3.42. The number of thioether (sulfide) groups is 1. The van der Waals surface area contributed by atoms with E-state index in [4.69, 9.17) is 4.74 Å². The molecule has 0 aromatic carbocycles. The molecule has 6 heteroatoms. The number of nitrogens with one attached hydrogen (secondary N) is 1. The number of aliphatic carboxylic acids is 1. The minimum absolute atomic E-state index is 0.0291. The van der Waals surface area contributed by atoms with Crippen LogP contribution in [0.3, 0.4) is 0 Å². The third kappa shape index (κ3) is 3.62. The maximum atomic E-state index is 11.7. The van der Waals surface area contributed by atoms with Crippen LogP contribution in [0.15, 0.2) is 0 Å². The molecule has 2 rings (SSSR count). The summed E-state index contributed by atoms with van der Waals surface area (Å²) in [6, 6.07) is 0. The SMILES string of the molecule is O=C(COCC1CC1)NC1(C(=O)O)CCSCC1. The molecule has 0 radical (unpaired) electrons. The minimum Gasteiger partial charge on any atom is -0.480 e. The second-order valence-corrected chi connectivity index (χ2v) is 6.23. The van der Waals surface area contributed by atoms with E-state index in [-0.39, 0.29) is 12.5 Å². The first kappa shape index (κ1) is 13.7. The predicted octanol–water partition coefficient (Wildman–Crippen LogP) is 0.880. The van der Waals surface area contributed by atoms with Crippen molar-refractivity contribution in [1.29, 1.82) is 0 Å². The predicted molar refractivity (Wildman–Crippen MR) is 68.6 cm³/mol. The number of ether oxygens (including phenoxy) is 1. The molecule has 102 valence electrons. The first-order valence-corrected chi connectivity index (χ1v) is 7.48. The first-order valence-electron chi connectivity index (χ1n) is 6.32. The number of hydrogen-bond acceptors (Lipinski definition) is 4. The van der Waals surface area contributed by atoms with Gasteiger partial charge in [-0.05, 0) is 43.1 Å². The van der Waals surface area contributed by atoms with Crippen LogP contribution < -0.4 is 5.32 Å². The van der Waals surface area contributed by atoms with E-state index in [9.17, 15) is 14.7 Å². The fraction of sp³-hybridized carbons (Fsp3) is 0.833. The second-order valence-electron chi connectivity index (χ2n) is 5.01. The maximum Gasteiger partial charge on any atom is 0.329 e. The Balaban J connectivity index is 1.79. The first-order chi connectivity index (χ1) is 8.62. The molecule has 2 aliphatic rings. The van der Waals surface area contributed by atoms with Crippen molar-refractivity contribution in [2.45, 2.75) is 31.2 Å². The Kier molecular flexibility index (Phi) is 4.50. The molecule has 1 amide bonds. The Bertz CT molecular complexity index is 324. The molecule has 1 aliphatic heterocycles. The lowest BCUT2D eigenvalue weighted by atomic mass is 9.92. The van der Waals surface area contributed by atoms with E-state index in [2.05, 4.69) is 5.32 Å². The Labute approximate surface area is 111 Å². The van der Waals surface area contributed by atoms with Crippen molar-refractivity contribution in [2.24, 2.45) is 5.92 Å². The fourth-order valence-corrected chi connectivity index (χ4v) is 3.21. The molecule has 1 saturated carbocycles. The fourth-order valence-electron chi connectivity index (χ4n) is 2.02. The highest BCUT2D eigenvalue weighted by molar-refractivity contribution is 7.99. The Hall–Kier alpha value is -0.750. The number of hydrogen-bond donors (Lipinski definition) is 2. The topological polar surface area (TPSA) is 75.6 Å². The van der Waals surface area contributed by atoms with Gasteiger partial charge in [0.05, 0.1) is 6.61 Å². The number of carboxylic acids is 1. The van der Waals surface area contributed by atoms with Gasteiger partial charge in [-0.3, -0.25) is 4.79 Å². The number of carbonyl (C=O) groups excluding carboxylic acids is 1. The van der Waals surface area contributed by atoms with Crippen molar-refractivity contribution in [3.05, 3.63) is 0 Å².